The number of pyridine rings is 1. The molecule has 1 aromatic heterocycles. The first kappa shape index (κ1) is 19.3. The molecule has 5 heteroatoms. The van der Waals surface area contributed by atoms with Crippen molar-refractivity contribution in [1.29, 1.82) is 0 Å². The van der Waals surface area contributed by atoms with Crippen LogP contribution in [0.25, 0.3) is 11.1 Å². The molecule has 0 bridgehead atoms. The van der Waals surface area contributed by atoms with Gasteiger partial charge in [0.2, 0.25) is 9.76 Å². The summed E-state index contributed by atoms with van der Waals surface area (Å²) in [5, 5.41) is 0.0920. The number of rotatable bonds is 6. The summed E-state index contributed by atoms with van der Waals surface area (Å²) in [6.07, 6.45) is 4.41. The molecule has 1 aromatic carbocycles. The smallest absolute Gasteiger partial charge is 0.236 e. The van der Waals surface area contributed by atoms with Gasteiger partial charge in [-0.3, -0.25) is 9.78 Å². The first-order chi connectivity index (χ1) is 11.7. The molecule has 0 aliphatic heterocycles. The fourth-order valence-electron chi connectivity index (χ4n) is 2.45. The van der Waals surface area contributed by atoms with E-state index < -0.39 is 5.60 Å². The summed E-state index contributed by atoms with van der Waals surface area (Å²) in [5.41, 5.74) is 2.87. The molecule has 0 amide bonds. The quantitative estimate of drug-likeness (QED) is 0.558. The predicted octanol–water partition coefficient (Wildman–Crippen LogP) is 4.66. The van der Waals surface area contributed by atoms with Crippen LogP contribution in [0, 0.1) is 0 Å². The number of benzene rings is 1. The Balaban J connectivity index is 2.53. The second kappa shape index (κ2) is 7.50. The Kier molecular flexibility index (Phi) is 5.80. The Hall–Kier alpha value is -1.98. The molecule has 2 aromatic rings. The van der Waals surface area contributed by atoms with Gasteiger partial charge in [-0.15, -0.1) is 0 Å². The van der Waals surface area contributed by atoms with Crippen LogP contribution in [-0.2, 0) is 10.0 Å². The van der Waals surface area contributed by atoms with Crippen molar-refractivity contribution in [2.75, 3.05) is 7.11 Å². The first-order valence-electron chi connectivity index (χ1n) is 8.21. The van der Waals surface area contributed by atoms with E-state index in [-0.39, 0.29) is 5.04 Å². The maximum absolute atomic E-state index is 11.2. The van der Waals surface area contributed by atoms with Crippen molar-refractivity contribution in [1.82, 2.24) is 4.98 Å². The number of nitrogens with zero attached hydrogens (tertiary/aromatic N) is 1. The van der Waals surface area contributed by atoms with Crippen LogP contribution in [0.3, 0.4) is 0 Å². The number of hydrogen-bond donors (Lipinski definition) is 0. The van der Waals surface area contributed by atoms with Gasteiger partial charge in [-0.05, 0) is 48.7 Å². The SMILES string of the molecule is COc1ccc(C=O)cc1-c1ccncc1C(C)(C)O[Si]C(C)(C)C. The molecule has 0 aliphatic carbocycles. The van der Waals surface area contributed by atoms with Crippen LogP contribution in [0.5, 0.6) is 5.75 Å². The standard InChI is InChI=1S/C20H25NO3Si/c1-19(2,3)25-24-20(4,5)17-12-21-10-9-15(17)16-11-14(13-22)7-8-18(16)23-6/h7-13H,1-6H3. The van der Waals surface area contributed by atoms with Crippen LogP contribution < -0.4 is 4.74 Å². The zero-order valence-corrected chi connectivity index (χ0v) is 16.7. The Morgan fingerprint density at radius 3 is 2.40 bits per heavy atom. The molecule has 0 fully saturated rings. The average molecular weight is 356 g/mol. The van der Waals surface area contributed by atoms with Gasteiger partial charge in [0.1, 0.15) is 12.0 Å². The third kappa shape index (κ3) is 4.77. The van der Waals surface area contributed by atoms with Crippen molar-refractivity contribution >= 4 is 16.0 Å². The summed E-state index contributed by atoms with van der Waals surface area (Å²) >= 11 is 0. The van der Waals surface area contributed by atoms with E-state index in [9.17, 15) is 4.79 Å². The van der Waals surface area contributed by atoms with Gasteiger partial charge >= 0.3 is 0 Å². The summed E-state index contributed by atoms with van der Waals surface area (Å²) in [6.45, 7) is 10.6. The zero-order valence-electron chi connectivity index (χ0n) is 15.7. The minimum absolute atomic E-state index is 0.0920. The number of hydrogen-bond acceptors (Lipinski definition) is 4. The van der Waals surface area contributed by atoms with Crippen LogP contribution in [0.1, 0.15) is 50.5 Å². The van der Waals surface area contributed by atoms with Crippen LogP contribution in [0.4, 0.5) is 0 Å². The molecule has 132 valence electrons. The molecular formula is C20H25NO3Si. The van der Waals surface area contributed by atoms with Crippen LogP contribution >= 0.6 is 0 Å². The highest BCUT2D eigenvalue weighted by Gasteiger charge is 2.29. The molecule has 0 atom stereocenters. The molecule has 4 nitrogen and oxygen atoms in total. The van der Waals surface area contributed by atoms with E-state index in [1.165, 1.54) is 0 Å². The lowest BCUT2D eigenvalue weighted by atomic mass is 9.90. The largest absolute Gasteiger partial charge is 0.496 e. The third-order valence-corrected chi connectivity index (χ3v) is 4.96. The average Bonchev–Trinajstić information content (AvgIpc) is 2.59. The minimum Gasteiger partial charge on any atom is -0.496 e. The number of methoxy groups -OCH3 is 1. The van der Waals surface area contributed by atoms with Crippen molar-refractivity contribution in [2.24, 2.45) is 0 Å². The first-order valence-corrected chi connectivity index (χ1v) is 9.12. The second-order valence-electron chi connectivity index (χ2n) is 7.46. The summed E-state index contributed by atoms with van der Waals surface area (Å²) in [5.74, 6) is 0.715. The van der Waals surface area contributed by atoms with Crippen LogP contribution in [0.2, 0.25) is 5.04 Å². The number of aldehydes is 1. The van der Waals surface area contributed by atoms with Gasteiger partial charge in [0.05, 0.1) is 12.7 Å². The van der Waals surface area contributed by atoms with Gasteiger partial charge < -0.3 is 9.16 Å². The van der Waals surface area contributed by atoms with Crippen LogP contribution in [0.15, 0.2) is 36.7 Å². The molecule has 0 aliphatic rings. The van der Waals surface area contributed by atoms with Gasteiger partial charge in [0.15, 0.2) is 0 Å². The molecule has 2 rings (SSSR count). The Labute approximate surface area is 152 Å². The summed E-state index contributed by atoms with van der Waals surface area (Å²) in [4.78, 5) is 15.5. The van der Waals surface area contributed by atoms with E-state index in [0.717, 1.165) is 23.0 Å². The lowest BCUT2D eigenvalue weighted by Gasteiger charge is -2.31. The molecule has 0 N–H and O–H groups in total. The van der Waals surface area contributed by atoms with E-state index in [1.54, 1.807) is 19.4 Å². The third-order valence-electron chi connectivity index (χ3n) is 3.73. The molecule has 2 radical (unpaired) electrons. The van der Waals surface area contributed by atoms with Gasteiger partial charge in [-0.1, -0.05) is 20.8 Å². The molecule has 1 heterocycles. The number of aromatic nitrogens is 1. The van der Waals surface area contributed by atoms with Crippen molar-refractivity contribution in [2.45, 2.75) is 45.3 Å². The number of carbonyl (C=O) groups excluding carboxylic acids is 1. The fourth-order valence-corrected chi connectivity index (χ4v) is 3.13. The lowest BCUT2D eigenvalue weighted by Crippen LogP contribution is -2.28. The Morgan fingerprint density at radius 1 is 1.08 bits per heavy atom. The molecule has 25 heavy (non-hydrogen) atoms. The Bertz CT molecular complexity index is 751. The highest BCUT2D eigenvalue weighted by Crippen LogP contribution is 2.39. The molecule has 0 saturated carbocycles. The number of ether oxygens (including phenoxy) is 1. The summed E-state index contributed by atoms with van der Waals surface area (Å²) in [6, 6.07) is 7.34. The van der Waals surface area contributed by atoms with Gasteiger partial charge in [0, 0.05) is 29.1 Å². The monoisotopic (exact) mass is 355 g/mol. The summed E-state index contributed by atoms with van der Waals surface area (Å²) in [7, 11) is 1.98. The number of carbonyl (C=O) groups is 1. The molecular weight excluding hydrogens is 330 g/mol. The molecule has 0 unspecified atom stereocenters. The molecule has 0 saturated heterocycles. The van der Waals surface area contributed by atoms with E-state index in [0.29, 0.717) is 21.1 Å². The van der Waals surface area contributed by atoms with E-state index >= 15 is 0 Å². The maximum atomic E-state index is 11.2. The topological polar surface area (TPSA) is 48.4 Å². The van der Waals surface area contributed by atoms with E-state index in [2.05, 4.69) is 25.8 Å². The maximum Gasteiger partial charge on any atom is 0.236 e. The van der Waals surface area contributed by atoms with Crippen molar-refractivity contribution < 1.29 is 14.0 Å². The predicted molar refractivity (Wildman–Crippen MR) is 101 cm³/mol. The van der Waals surface area contributed by atoms with Crippen molar-refractivity contribution in [3.8, 4) is 16.9 Å². The fraction of sp³-hybridized carbons (Fsp3) is 0.400. The highest BCUT2D eigenvalue weighted by molar-refractivity contribution is 6.31. The second-order valence-corrected chi connectivity index (χ2v) is 9.37. The van der Waals surface area contributed by atoms with Crippen molar-refractivity contribution in [3.63, 3.8) is 0 Å². The normalized spacial score (nSPS) is 12.1. The highest BCUT2D eigenvalue weighted by atomic mass is 28.2. The van der Waals surface area contributed by atoms with Crippen LogP contribution in [-0.4, -0.2) is 28.1 Å². The van der Waals surface area contributed by atoms with Gasteiger partial charge in [0.25, 0.3) is 0 Å². The Morgan fingerprint density at radius 2 is 1.80 bits per heavy atom. The summed E-state index contributed by atoms with van der Waals surface area (Å²) < 4.78 is 11.8. The van der Waals surface area contributed by atoms with E-state index in [4.69, 9.17) is 9.16 Å². The van der Waals surface area contributed by atoms with Gasteiger partial charge in [-0.25, -0.2) is 0 Å². The zero-order chi connectivity index (χ0) is 18.7. The van der Waals surface area contributed by atoms with Crippen molar-refractivity contribution in [3.05, 3.63) is 47.8 Å². The minimum atomic E-state index is -0.516. The molecule has 0 spiro atoms. The lowest BCUT2D eigenvalue weighted by molar-refractivity contribution is 0.109. The van der Waals surface area contributed by atoms with Gasteiger partial charge in [-0.2, -0.15) is 0 Å². The van der Waals surface area contributed by atoms with E-state index in [1.807, 2.05) is 38.2 Å².